The predicted molar refractivity (Wildman–Crippen MR) is 82.1 cm³/mol. The SMILES string of the molecule is CC(C)Oc1ncnc(N(C)C2CCCCCC2)c1N. The average molecular weight is 278 g/mol. The van der Waals surface area contributed by atoms with Gasteiger partial charge in [0.2, 0.25) is 5.88 Å². The molecule has 0 saturated heterocycles. The van der Waals surface area contributed by atoms with Gasteiger partial charge in [-0.15, -0.1) is 0 Å². The summed E-state index contributed by atoms with van der Waals surface area (Å²) in [4.78, 5) is 10.7. The molecular formula is C15H26N4O. The van der Waals surface area contributed by atoms with Gasteiger partial charge in [0.1, 0.15) is 12.0 Å². The maximum Gasteiger partial charge on any atom is 0.242 e. The van der Waals surface area contributed by atoms with Crippen molar-refractivity contribution < 1.29 is 4.74 Å². The highest BCUT2D eigenvalue weighted by molar-refractivity contribution is 5.67. The molecule has 1 aliphatic carbocycles. The number of anilines is 2. The molecule has 0 amide bonds. The van der Waals surface area contributed by atoms with Crippen molar-refractivity contribution in [2.45, 2.75) is 64.5 Å². The van der Waals surface area contributed by atoms with Crippen LogP contribution < -0.4 is 15.4 Å². The summed E-state index contributed by atoms with van der Waals surface area (Å²) < 4.78 is 5.65. The molecule has 0 spiro atoms. The maximum absolute atomic E-state index is 6.19. The number of nitrogens with zero attached hydrogens (tertiary/aromatic N) is 3. The van der Waals surface area contributed by atoms with Crippen LogP contribution in [-0.2, 0) is 0 Å². The molecule has 0 unspecified atom stereocenters. The van der Waals surface area contributed by atoms with Crippen LogP contribution in [0.1, 0.15) is 52.4 Å². The smallest absolute Gasteiger partial charge is 0.242 e. The lowest BCUT2D eigenvalue weighted by molar-refractivity contribution is 0.234. The Morgan fingerprint density at radius 3 is 2.45 bits per heavy atom. The van der Waals surface area contributed by atoms with Crippen LogP contribution in [0.3, 0.4) is 0 Å². The number of hydrogen-bond donors (Lipinski definition) is 1. The minimum absolute atomic E-state index is 0.0586. The van der Waals surface area contributed by atoms with Gasteiger partial charge in [-0.1, -0.05) is 25.7 Å². The minimum atomic E-state index is 0.0586. The molecule has 0 aromatic carbocycles. The molecule has 1 aliphatic rings. The Balaban J connectivity index is 2.18. The Hall–Kier alpha value is -1.52. The lowest BCUT2D eigenvalue weighted by Crippen LogP contribution is -2.32. The standard InChI is InChI=1S/C15H26N4O/c1-11(2)20-15-13(16)14(17-10-18-15)19(3)12-8-6-4-5-7-9-12/h10-12H,4-9,16H2,1-3H3. The van der Waals surface area contributed by atoms with Crippen LogP contribution in [0.4, 0.5) is 11.5 Å². The molecule has 1 saturated carbocycles. The van der Waals surface area contributed by atoms with Crippen LogP contribution in [0.5, 0.6) is 5.88 Å². The van der Waals surface area contributed by atoms with E-state index in [1.54, 1.807) is 0 Å². The summed E-state index contributed by atoms with van der Waals surface area (Å²) in [6.07, 6.45) is 9.27. The number of nitrogens with two attached hydrogens (primary N) is 1. The molecule has 2 rings (SSSR count). The molecule has 1 aromatic rings. The van der Waals surface area contributed by atoms with Crippen molar-refractivity contribution in [1.29, 1.82) is 0 Å². The number of ether oxygens (including phenoxy) is 1. The van der Waals surface area contributed by atoms with Gasteiger partial charge in [-0.3, -0.25) is 0 Å². The molecular weight excluding hydrogens is 252 g/mol. The number of hydrogen-bond acceptors (Lipinski definition) is 5. The highest BCUT2D eigenvalue weighted by atomic mass is 16.5. The van der Waals surface area contributed by atoms with Gasteiger partial charge in [0, 0.05) is 13.1 Å². The zero-order valence-corrected chi connectivity index (χ0v) is 12.8. The van der Waals surface area contributed by atoms with Crippen molar-refractivity contribution in [2.75, 3.05) is 17.7 Å². The van der Waals surface area contributed by atoms with Crippen LogP contribution in [-0.4, -0.2) is 29.2 Å². The van der Waals surface area contributed by atoms with Crippen molar-refractivity contribution in [1.82, 2.24) is 9.97 Å². The largest absolute Gasteiger partial charge is 0.473 e. The van der Waals surface area contributed by atoms with Gasteiger partial charge in [0.25, 0.3) is 0 Å². The fraction of sp³-hybridized carbons (Fsp3) is 0.733. The molecule has 5 nitrogen and oxygen atoms in total. The van der Waals surface area contributed by atoms with E-state index in [1.165, 1.54) is 44.9 Å². The predicted octanol–water partition coefficient (Wildman–Crippen LogP) is 3.01. The second-order valence-electron chi connectivity index (χ2n) is 5.84. The topological polar surface area (TPSA) is 64.3 Å². The minimum Gasteiger partial charge on any atom is -0.473 e. The Bertz CT molecular complexity index is 428. The van der Waals surface area contributed by atoms with E-state index in [0.717, 1.165) is 5.82 Å². The summed E-state index contributed by atoms with van der Waals surface area (Å²) in [5.74, 6) is 1.29. The third kappa shape index (κ3) is 3.52. The van der Waals surface area contributed by atoms with E-state index in [1.807, 2.05) is 13.8 Å². The molecule has 0 atom stereocenters. The normalized spacial score (nSPS) is 17.0. The second-order valence-corrected chi connectivity index (χ2v) is 5.84. The molecule has 1 aromatic heterocycles. The van der Waals surface area contributed by atoms with Gasteiger partial charge >= 0.3 is 0 Å². The van der Waals surface area contributed by atoms with Gasteiger partial charge in [-0.05, 0) is 26.7 Å². The monoisotopic (exact) mass is 278 g/mol. The van der Waals surface area contributed by atoms with E-state index >= 15 is 0 Å². The fourth-order valence-corrected chi connectivity index (χ4v) is 2.79. The van der Waals surface area contributed by atoms with Crippen LogP contribution in [0, 0.1) is 0 Å². The zero-order chi connectivity index (χ0) is 14.5. The molecule has 0 aliphatic heterocycles. The van der Waals surface area contributed by atoms with E-state index in [2.05, 4.69) is 21.9 Å². The van der Waals surface area contributed by atoms with Gasteiger partial charge in [0.05, 0.1) is 6.10 Å². The number of aromatic nitrogens is 2. The summed E-state index contributed by atoms with van der Waals surface area (Å²) in [5, 5.41) is 0. The first-order valence-corrected chi connectivity index (χ1v) is 7.59. The maximum atomic E-state index is 6.19. The summed E-state index contributed by atoms with van der Waals surface area (Å²) in [6.45, 7) is 3.94. The summed E-state index contributed by atoms with van der Waals surface area (Å²) >= 11 is 0. The molecule has 1 fully saturated rings. The van der Waals surface area contributed by atoms with Gasteiger partial charge in [0.15, 0.2) is 5.82 Å². The van der Waals surface area contributed by atoms with Crippen molar-refractivity contribution in [3.63, 3.8) is 0 Å². The molecule has 0 radical (unpaired) electrons. The van der Waals surface area contributed by atoms with Gasteiger partial charge < -0.3 is 15.4 Å². The number of rotatable bonds is 4. The van der Waals surface area contributed by atoms with Crippen molar-refractivity contribution in [3.8, 4) is 5.88 Å². The molecule has 2 N–H and O–H groups in total. The van der Waals surface area contributed by atoms with E-state index in [4.69, 9.17) is 10.5 Å². The van der Waals surface area contributed by atoms with Crippen molar-refractivity contribution in [3.05, 3.63) is 6.33 Å². The average Bonchev–Trinajstić information content (AvgIpc) is 2.69. The lowest BCUT2D eigenvalue weighted by Gasteiger charge is -2.29. The van der Waals surface area contributed by atoms with Crippen molar-refractivity contribution in [2.24, 2.45) is 0 Å². The Morgan fingerprint density at radius 1 is 1.20 bits per heavy atom. The van der Waals surface area contributed by atoms with E-state index in [9.17, 15) is 0 Å². The molecule has 112 valence electrons. The van der Waals surface area contributed by atoms with E-state index in [0.29, 0.717) is 17.6 Å². The Morgan fingerprint density at radius 2 is 1.85 bits per heavy atom. The highest BCUT2D eigenvalue weighted by Gasteiger charge is 2.21. The molecule has 5 heteroatoms. The zero-order valence-electron chi connectivity index (χ0n) is 12.8. The first kappa shape index (κ1) is 14.9. The third-order valence-corrected chi connectivity index (χ3v) is 3.88. The lowest BCUT2D eigenvalue weighted by atomic mass is 10.1. The van der Waals surface area contributed by atoms with E-state index < -0.39 is 0 Å². The van der Waals surface area contributed by atoms with Crippen molar-refractivity contribution >= 4 is 11.5 Å². The summed E-state index contributed by atoms with van der Waals surface area (Å²) in [6, 6.07) is 0.515. The summed E-state index contributed by atoms with van der Waals surface area (Å²) in [5.41, 5.74) is 6.74. The highest BCUT2D eigenvalue weighted by Crippen LogP contribution is 2.31. The van der Waals surface area contributed by atoms with Gasteiger partial charge in [-0.2, -0.15) is 4.98 Å². The molecule has 1 heterocycles. The molecule has 0 bridgehead atoms. The van der Waals surface area contributed by atoms with Crippen LogP contribution in [0.15, 0.2) is 6.33 Å². The van der Waals surface area contributed by atoms with Crippen LogP contribution in [0.2, 0.25) is 0 Å². The fourth-order valence-electron chi connectivity index (χ4n) is 2.79. The Labute approximate surface area is 121 Å². The summed E-state index contributed by atoms with van der Waals surface area (Å²) in [7, 11) is 2.08. The first-order valence-electron chi connectivity index (χ1n) is 7.59. The first-order chi connectivity index (χ1) is 9.59. The quantitative estimate of drug-likeness (QED) is 0.858. The van der Waals surface area contributed by atoms with Crippen LogP contribution >= 0.6 is 0 Å². The number of nitrogen functional groups attached to an aromatic ring is 1. The van der Waals surface area contributed by atoms with Gasteiger partial charge in [-0.25, -0.2) is 4.98 Å². The van der Waals surface area contributed by atoms with Crippen LogP contribution in [0.25, 0.3) is 0 Å². The molecule has 20 heavy (non-hydrogen) atoms. The second kappa shape index (κ2) is 6.77. The Kier molecular flexibility index (Phi) is 5.04. The van der Waals surface area contributed by atoms with E-state index in [-0.39, 0.29) is 6.10 Å². The third-order valence-electron chi connectivity index (χ3n) is 3.88.